The summed E-state index contributed by atoms with van der Waals surface area (Å²) in [5.41, 5.74) is 0. The van der Waals surface area contributed by atoms with Crippen LogP contribution in [0.4, 0.5) is 0 Å². The number of carbonyl (C=O) groups excluding carboxylic acids is 1. The fraction of sp³-hybridized carbons (Fsp3) is 0.816. The molecule has 1 amide bonds. The number of amides is 1. The van der Waals surface area contributed by atoms with E-state index in [1.165, 1.54) is 128 Å². The summed E-state index contributed by atoms with van der Waals surface area (Å²) < 4.78 is 0. The summed E-state index contributed by atoms with van der Waals surface area (Å²) in [6.45, 7) is 4.03. The molecule has 5 N–H and O–H groups in total. The Morgan fingerprint density at radius 3 is 1.15 bits per heavy atom. The van der Waals surface area contributed by atoms with E-state index in [1.807, 2.05) is 0 Å². The maximum atomic E-state index is 12.5. The van der Waals surface area contributed by atoms with Gasteiger partial charge in [-0.2, -0.15) is 0 Å². The Kier molecular flexibility index (Phi) is 42.0. The Bertz CT molecular complexity index is 915. The summed E-state index contributed by atoms with van der Waals surface area (Å²) in [6, 6.07) is -1.01. The van der Waals surface area contributed by atoms with E-state index < -0.39 is 36.9 Å². The van der Waals surface area contributed by atoms with E-state index in [0.29, 0.717) is 19.3 Å². The van der Waals surface area contributed by atoms with Crippen molar-refractivity contribution in [1.29, 1.82) is 0 Å². The first-order valence-corrected chi connectivity index (χ1v) is 23.5. The van der Waals surface area contributed by atoms with Crippen molar-refractivity contribution in [3.05, 3.63) is 48.6 Å². The third kappa shape index (κ3) is 37.6. The van der Waals surface area contributed by atoms with Crippen LogP contribution < -0.4 is 5.32 Å². The Labute approximate surface area is 340 Å². The number of hydrogen-bond acceptors (Lipinski definition) is 5. The van der Waals surface area contributed by atoms with Gasteiger partial charge >= 0.3 is 0 Å². The largest absolute Gasteiger partial charge is 0.394 e. The molecule has 4 unspecified atom stereocenters. The molecule has 0 rings (SSSR count). The van der Waals surface area contributed by atoms with Gasteiger partial charge in [-0.15, -0.1) is 0 Å². The number of carbonyl (C=O) groups is 1. The van der Waals surface area contributed by atoms with Crippen LogP contribution >= 0.6 is 0 Å². The second-order valence-electron chi connectivity index (χ2n) is 16.1. The molecule has 0 aliphatic heterocycles. The van der Waals surface area contributed by atoms with Gasteiger partial charge in [0.15, 0.2) is 0 Å². The van der Waals surface area contributed by atoms with Gasteiger partial charge in [-0.1, -0.05) is 184 Å². The van der Waals surface area contributed by atoms with Gasteiger partial charge in [-0.3, -0.25) is 4.79 Å². The van der Waals surface area contributed by atoms with E-state index in [2.05, 4.69) is 67.8 Å². The molecule has 55 heavy (non-hydrogen) atoms. The molecule has 0 aromatic rings. The number of hydrogen-bond donors (Lipinski definition) is 5. The number of allylic oxidation sites excluding steroid dienone is 8. The fourth-order valence-corrected chi connectivity index (χ4v) is 6.96. The van der Waals surface area contributed by atoms with Crippen LogP contribution in [0.2, 0.25) is 0 Å². The highest BCUT2D eigenvalue weighted by molar-refractivity contribution is 5.80. The number of nitrogens with one attached hydrogen (secondary N) is 1. The first-order valence-electron chi connectivity index (χ1n) is 23.5. The second-order valence-corrected chi connectivity index (χ2v) is 16.1. The number of rotatable bonds is 42. The van der Waals surface area contributed by atoms with Gasteiger partial charge in [0.25, 0.3) is 0 Å². The molecule has 4 atom stereocenters. The van der Waals surface area contributed by atoms with E-state index >= 15 is 0 Å². The minimum Gasteiger partial charge on any atom is -0.394 e. The highest BCUT2D eigenvalue weighted by Gasteiger charge is 2.28. The van der Waals surface area contributed by atoms with Gasteiger partial charge in [0.1, 0.15) is 12.2 Å². The SMILES string of the molecule is CCCCCCCC/C=C/CC/C=C/CC/C=C/CCCC(O)C(O)C(CO)NC(=O)C(O)CCCCCCCC/C=C\CCCCCCCCCCCC. The quantitative estimate of drug-likeness (QED) is 0.0313. The maximum Gasteiger partial charge on any atom is 0.249 e. The normalized spacial score (nSPS) is 14.5. The van der Waals surface area contributed by atoms with E-state index in [4.69, 9.17) is 0 Å². The Balaban J connectivity index is 3.81. The smallest absolute Gasteiger partial charge is 0.249 e. The molecule has 0 aliphatic rings. The summed E-state index contributed by atoms with van der Waals surface area (Å²) in [5, 5.41) is 43.7. The molecular weight excluding hydrogens is 683 g/mol. The zero-order chi connectivity index (χ0) is 40.3. The zero-order valence-corrected chi connectivity index (χ0v) is 36.2. The average Bonchev–Trinajstić information content (AvgIpc) is 3.19. The van der Waals surface area contributed by atoms with E-state index in [-0.39, 0.29) is 0 Å². The lowest BCUT2D eigenvalue weighted by molar-refractivity contribution is -0.132. The molecular formula is C49H91NO5. The van der Waals surface area contributed by atoms with Gasteiger partial charge in [0.2, 0.25) is 5.91 Å². The number of aliphatic hydroxyl groups is 4. The highest BCUT2D eigenvalue weighted by Crippen LogP contribution is 2.15. The molecule has 6 nitrogen and oxygen atoms in total. The van der Waals surface area contributed by atoms with Crippen molar-refractivity contribution in [2.24, 2.45) is 0 Å². The topological polar surface area (TPSA) is 110 Å². The predicted octanol–water partition coefficient (Wildman–Crippen LogP) is 12.7. The molecule has 0 bridgehead atoms. The van der Waals surface area contributed by atoms with Crippen LogP contribution in [0, 0.1) is 0 Å². The van der Waals surface area contributed by atoms with Crippen LogP contribution in [-0.4, -0.2) is 57.3 Å². The van der Waals surface area contributed by atoms with Crippen molar-refractivity contribution < 1.29 is 25.2 Å². The minimum atomic E-state index is -1.30. The molecule has 0 aromatic heterocycles. The van der Waals surface area contributed by atoms with Gasteiger partial charge in [0.05, 0.1) is 18.8 Å². The van der Waals surface area contributed by atoms with Crippen LogP contribution in [0.3, 0.4) is 0 Å². The first kappa shape index (κ1) is 53.3. The van der Waals surface area contributed by atoms with E-state index in [1.54, 1.807) is 0 Å². The Morgan fingerprint density at radius 1 is 0.436 bits per heavy atom. The molecule has 0 spiro atoms. The predicted molar refractivity (Wildman–Crippen MR) is 237 cm³/mol. The van der Waals surface area contributed by atoms with Crippen LogP contribution in [0.5, 0.6) is 0 Å². The Hall–Kier alpha value is -1.73. The van der Waals surface area contributed by atoms with Gasteiger partial charge in [-0.25, -0.2) is 0 Å². The third-order valence-corrected chi connectivity index (χ3v) is 10.7. The molecule has 0 radical (unpaired) electrons. The summed E-state index contributed by atoms with van der Waals surface area (Å²) in [6.07, 6.45) is 52.9. The van der Waals surface area contributed by atoms with Crippen LogP contribution in [-0.2, 0) is 4.79 Å². The summed E-state index contributed by atoms with van der Waals surface area (Å²) in [4.78, 5) is 12.5. The lowest BCUT2D eigenvalue weighted by Crippen LogP contribution is -2.53. The van der Waals surface area contributed by atoms with Crippen LogP contribution in [0.15, 0.2) is 48.6 Å². The standard InChI is InChI=1S/C49H91NO5/c1-3-5-7-9-11-13-15-17-19-21-23-25-27-29-31-33-35-37-39-41-43-47(53)49(55)50-45(44-51)48(54)46(52)42-40-38-36-34-32-30-28-26-24-22-20-18-16-14-12-10-8-6-4-2/h18,20,25-28,34,36,45-48,51-54H,3-17,19,21-24,29-33,35,37-44H2,1-2H3,(H,50,55)/b20-18+,27-25-,28-26+,36-34+. The monoisotopic (exact) mass is 774 g/mol. The third-order valence-electron chi connectivity index (χ3n) is 10.7. The van der Waals surface area contributed by atoms with Crippen molar-refractivity contribution >= 4 is 5.91 Å². The maximum absolute atomic E-state index is 12.5. The van der Waals surface area contributed by atoms with Crippen LogP contribution in [0.25, 0.3) is 0 Å². The van der Waals surface area contributed by atoms with Crippen molar-refractivity contribution in [2.45, 2.75) is 250 Å². The van der Waals surface area contributed by atoms with Gasteiger partial charge in [0, 0.05) is 0 Å². The van der Waals surface area contributed by atoms with Gasteiger partial charge in [-0.05, 0) is 89.9 Å². The van der Waals surface area contributed by atoms with Crippen LogP contribution in [0.1, 0.15) is 226 Å². The molecule has 6 heteroatoms. The van der Waals surface area contributed by atoms with Crippen molar-refractivity contribution in [3.63, 3.8) is 0 Å². The lowest BCUT2D eigenvalue weighted by Gasteiger charge is -2.27. The molecule has 0 aliphatic carbocycles. The number of unbranched alkanes of at least 4 members (excludes halogenated alkanes) is 25. The highest BCUT2D eigenvalue weighted by atomic mass is 16.3. The molecule has 322 valence electrons. The van der Waals surface area contributed by atoms with E-state index in [0.717, 1.165) is 64.2 Å². The van der Waals surface area contributed by atoms with Gasteiger partial charge < -0.3 is 25.7 Å². The molecule has 0 aromatic carbocycles. The first-order chi connectivity index (χ1) is 27.0. The molecule has 0 saturated carbocycles. The molecule has 0 heterocycles. The Morgan fingerprint density at radius 2 is 0.764 bits per heavy atom. The number of aliphatic hydroxyl groups excluding tert-OH is 4. The van der Waals surface area contributed by atoms with E-state index in [9.17, 15) is 25.2 Å². The fourth-order valence-electron chi connectivity index (χ4n) is 6.96. The van der Waals surface area contributed by atoms with Crippen molar-refractivity contribution in [3.8, 4) is 0 Å². The molecule has 0 fully saturated rings. The lowest BCUT2D eigenvalue weighted by atomic mass is 10.00. The minimum absolute atomic E-state index is 0.350. The van der Waals surface area contributed by atoms with Crippen molar-refractivity contribution in [1.82, 2.24) is 5.32 Å². The zero-order valence-electron chi connectivity index (χ0n) is 36.2. The van der Waals surface area contributed by atoms with Crippen molar-refractivity contribution in [2.75, 3.05) is 6.61 Å². The average molecular weight is 774 g/mol. The summed E-state index contributed by atoms with van der Waals surface area (Å²) in [7, 11) is 0. The second kappa shape index (κ2) is 43.4. The summed E-state index contributed by atoms with van der Waals surface area (Å²) in [5.74, 6) is -0.605. The summed E-state index contributed by atoms with van der Waals surface area (Å²) >= 11 is 0. The molecule has 0 saturated heterocycles.